The molecular weight excluding hydrogens is 256 g/mol. The van der Waals surface area contributed by atoms with E-state index in [1.54, 1.807) is 32.9 Å². The fourth-order valence-corrected chi connectivity index (χ4v) is 2.21. The van der Waals surface area contributed by atoms with E-state index < -0.39 is 5.41 Å². The molecule has 0 N–H and O–H groups in total. The van der Waals surface area contributed by atoms with Gasteiger partial charge in [-0.15, -0.1) is 0 Å². The monoisotopic (exact) mass is 270 g/mol. The Bertz CT molecular complexity index is 482. The van der Waals surface area contributed by atoms with Gasteiger partial charge >= 0.3 is 5.97 Å². The third-order valence-corrected chi connectivity index (χ3v) is 3.23. The van der Waals surface area contributed by atoms with Crippen LogP contribution in [-0.4, -0.2) is 19.4 Å². The highest BCUT2D eigenvalue weighted by molar-refractivity contribution is 6.32. The van der Waals surface area contributed by atoms with Crippen molar-refractivity contribution in [2.45, 2.75) is 26.2 Å². The van der Waals surface area contributed by atoms with E-state index in [4.69, 9.17) is 25.8 Å². The quantitative estimate of drug-likeness (QED) is 0.792. The summed E-state index contributed by atoms with van der Waals surface area (Å²) in [5, 5.41) is 0.470. The van der Waals surface area contributed by atoms with E-state index >= 15 is 0 Å². The van der Waals surface area contributed by atoms with Gasteiger partial charge in [-0.05, 0) is 32.4 Å². The van der Waals surface area contributed by atoms with Crippen LogP contribution in [0.25, 0.3) is 0 Å². The van der Waals surface area contributed by atoms with Gasteiger partial charge in [-0.25, -0.2) is 0 Å². The second-order valence-corrected chi connectivity index (χ2v) is 4.94. The molecule has 1 aliphatic rings. The summed E-state index contributed by atoms with van der Waals surface area (Å²) in [6.45, 7) is 5.83. The van der Waals surface area contributed by atoms with Crippen LogP contribution in [0.3, 0.4) is 0 Å². The number of benzene rings is 1. The number of hydrogen-bond donors (Lipinski definition) is 0. The standard InChI is InChI=1S/C13H15ClO4/c1-4-16-12(15)13(2,3)8-5-10-11(6-9(8)14)18-7-17-10/h5-6H,4,7H2,1-3H3. The smallest absolute Gasteiger partial charge is 0.316 e. The molecule has 0 spiro atoms. The van der Waals surface area contributed by atoms with Crippen LogP contribution in [0.4, 0.5) is 0 Å². The van der Waals surface area contributed by atoms with Crippen LogP contribution in [0.2, 0.25) is 5.02 Å². The van der Waals surface area contributed by atoms with Gasteiger partial charge in [-0.1, -0.05) is 11.6 Å². The van der Waals surface area contributed by atoms with Crippen LogP contribution in [0, 0.1) is 0 Å². The lowest BCUT2D eigenvalue weighted by molar-refractivity contribution is -0.148. The Balaban J connectivity index is 2.41. The van der Waals surface area contributed by atoms with Gasteiger partial charge < -0.3 is 14.2 Å². The molecule has 0 aromatic heterocycles. The maximum atomic E-state index is 12.0. The van der Waals surface area contributed by atoms with E-state index in [-0.39, 0.29) is 12.8 Å². The topological polar surface area (TPSA) is 44.8 Å². The zero-order valence-electron chi connectivity index (χ0n) is 10.6. The van der Waals surface area contributed by atoms with Crippen LogP contribution in [0.15, 0.2) is 12.1 Å². The molecule has 2 rings (SSSR count). The van der Waals surface area contributed by atoms with Crippen molar-refractivity contribution in [3.05, 3.63) is 22.7 Å². The van der Waals surface area contributed by atoms with Crippen LogP contribution in [0.5, 0.6) is 11.5 Å². The summed E-state index contributed by atoms with van der Waals surface area (Å²) < 4.78 is 15.6. The summed E-state index contributed by atoms with van der Waals surface area (Å²) in [7, 11) is 0. The molecule has 5 heteroatoms. The predicted molar refractivity (Wildman–Crippen MR) is 67.2 cm³/mol. The molecule has 0 unspecified atom stereocenters. The lowest BCUT2D eigenvalue weighted by Gasteiger charge is -2.24. The molecule has 0 bridgehead atoms. The largest absolute Gasteiger partial charge is 0.465 e. The molecule has 1 aliphatic heterocycles. The lowest BCUT2D eigenvalue weighted by atomic mass is 9.84. The molecule has 1 heterocycles. The average Bonchev–Trinajstić information content (AvgIpc) is 2.75. The van der Waals surface area contributed by atoms with Crippen LogP contribution in [0.1, 0.15) is 26.3 Å². The van der Waals surface area contributed by atoms with Crippen LogP contribution < -0.4 is 9.47 Å². The van der Waals surface area contributed by atoms with Crippen molar-refractivity contribution >= 4 is 17.6 Å². The van der Waals surface area contributed by atoms with E-state index in [0.717, 1.165) is 0 Å². The maximum Gasteiger partial charge on any atom is 0.316 e. The molecule has 0 saturated carbocycles. The van der Waals surface area contributed by atoms with Gasteiger partial charge in [-0.2, -0.15) is 0 Å². The van der Waals surface area contributed by atoms with Crippen LogP contribution in [-0.2, 0) is 14.9 Å². The van der Waals surface area contributed by atoms with Crippen molar-refractivity contribution in [2.24, 2.45) is 0 Å². The van der Waals surface area contributed by atoms with Gasteiger partial charge in [0.05, 0.1) is 12.0 Å². The molecular formula is C13H15ClO4. The van der Waals surface area contributed by atoms with Gasteiger partial charge in [0.25, 0.3) is 0 Å². The van der Waals surface area contributed by atoms with Crippen LogP contribution >= 0.6 is 11.6 Å². The first kappa shape index (κ1) is 13.0. The Morgan fingerprint density at radius 2 is 2.00 bits per heavy atom. The summed E-state index contributed by atoms with van der Waals surface area (Å²) in [6.07, 6.45) is 0. The van der Waals surface area contributed by atoms with Crippen molar-refractivity contribution < 1.29 is 19.0 Å². The molecule has 0 amide bonds. The van der Waals surface area contributed by atoms with Crippen molar-refractivity contribution in [3.63, 3.8) is 0 Å². The van der Waals surface area contributed by atoms with E-state index in [9.17, 15) is 4.79 Å². The predicted octanol–water partition coefficient (Wildman–Crippen LogP) is 2.91. The van der Waals surface area contributed by atoms with Gasteiger partial charge in [0.2, 0.25) is 6.79 Å². The van der Waals surface area contributed by atoms with E-state index in [0.29, 0.717) is 28.7 Å². The summed E-state index contributed by atoms with van der Waals surface area (Å²) in [5.74, 6) is 0.890. The third kappa shape index (κ3) is 2.12. The average molecular weight is 271 g/mol. The Kier molecular flexibility index (Phi) is 3.39. The van der Waals surface area contributed by atoms with Crippen molar-refractivity contribution in [1.29, 1.82) is 0 Å². The zero-order chi connectivity index (χ0) is 13.3. The minimum atomic E-state index is -0.825. The molecule has 0 aliphatic carbocycles. The second kappa shape index (κ2) is 4.69. The summed E-state index contributed by atoms with van der Waals surface area (Å²) in [5.41, 5.74) is -0.152. The fraction of sp³-hybridized carbons (Fsp3) is 0.462. The molecule has 0 atom stereocenters. The number of ether oxygens (including phenoxy) is 3. The maximum absolute atomic E-state index is 12.0. The first-order valence-electron chi connectivity index (χ1n) is 5.73. The zero-order valence-corrected chi connectivity index (χ0v) is 11.3. The fourth-order valence-electron chi connectivity index (χ4n) is 1.82. The summed E-state index contributed by atoms with van der Waals surface area (Å²) >= 11 is 6.19. The first-order valence-corrected chi connectivity index (χ1v) is 6.11. The summed E-state index contributed by atoms with van der Waals surface area (Å²) in [6, 6.07) is 3.40. The SMILES string of the molecule is CCOC(=O)C(C)(C)c1cc2c(cc1Cl)OCO2. The van der Waals surface area contributed by atoms with Crippen molar-refractivity contribution in [1.82, 2.24) is 0 Å². The molecule has 18 heavy (non-hydrogen) atoms. The number of carbonyl (C=O) groups is 1. The number of fused-ring (bicyclic) bond motifs is 1. The molecule has 1 aromatic rings. The number of carbonyl (C=O) groups excluding carboxylic acids is 1. The van der Waals surface area contributed by atoms with Gasteiger partial charge in [-0.3, -0.25) is 4.79 Å². The minimum Gasteiger partial charge on any atom is -0.465 e. The highest BCUT2D eigenvalue weighted by atomic mass is 35.5. The number of esters is 1. The van der Waals surface area contributed by atoms with Crippen molar-refractivity contribution in [3.8, 4) is 11.5 Å². The Morgan fingerprint density at radius 1 is 1.39 bits per heavy atom. The molecule has 0 radical (unpaired) electrons. The third-order valence-electron chi connectivity index (χ3n) is 2.92. The molecule has 0 fully saturated rings. The minimum absolute atomic E-state index is 0.176. The molecule has 98 valence electrons. The van der Waals surface area contributed by atoms with E-state index in [2.05, 4.69) is 0 Å². The second-order valence-electron chi connectivity index (χ2n) is 4.53. The Labute approximate surface area is 111 Å². The van der Waals surface area contributed by atoms with Crippen molar-refractivity contribution in [2.75, 3.05) is 13.4 Å². The normalized spacial score (nSPS) is 13.6. The lowest BCUT2D eigenvalue weighted by Crippen LogP contribution is -2.31. The highest BCUT2D eigenvalue weighted by Crippen LogP contribution is 2.41. The first-order chi connectivity index (χ1) is 8.46. The van der Waals surface area contributed by atoms with Gasteiger partial charge in [0, 0.05) is 11.1 Å². The summed E-state index contributed by atoms with van der Waals surface area (Å²) in [4.78, 5) is 12.0. The number of rotatable bonds is 3. The molecule has 0 saturated heterocycles. The van der Waals surface area contributed by atoms with Gasteiger partial charge in [0.1, 0.15) is 0 Å². The number of halogens is 1. The Morgan fingerprint density at radius 3 is 2.61 bits per heavy atom. The molecule has 1 aromatic carbocycles. The van der Waals surface area contributed by atoms with E-state index in [1.807, 2.05) is 0 Å². The van der Waals surface area contributed by atoms with E-state index in [1.165, 1.54) is 0 Å². The van der Waals surface area contributed by atoms with Gasteiger partial charge in [0.15, 0.2) is 11.5 Å². The number of hydrogen-bond acceptors (Lipinski definition) is 4. The molecule has 4 nitrogen and oxygen atoms in total. The Hall–Kier alpha value is -1.42. The highest BCUT2D eigenvalue weighted by Gasteiger charge is 2.35.